The average Bonchev–Trinajstić information content (AvgIpc) is 2.37. The van der Waals surface area contributed by atoms with Crippen LogP contribution in [-0.2, 0) is 11.1 Å². The second-order valence-electron chi connectivity index (χ2n) is 21.4. The summed E-state index contributed by atoms with van der Waals surface area (Å²) in [6.45, 7) is 6.41. The lowest BCUT2D eigenvalue weighted by atomic mass is 9.94. The molecule has 4 heterocycles. The number of rotatable bonds is 17. The molecule has 430 valence electrons. The van der Waals surface area contributed by atoms with Crippen LogP contribution in [0.2, 0.25) is 0 Å². The fraction of sp³-hybridized carbons (Fsp3) is 0.206. The van der Waals surface area contributed by atoms with Crippen LogP contribution in [0.4, 0.5) is 8.78 Å². The van der Waals surface area contributed by atoms with Gasteiger partial charge in [0.15, 0.2) is 0 Å². The maximum absolute atomic E-state index is 13.8. The van der Waals surface area contributed by atoms with E-state index in [1.54, 1.807) is 68.0 Å². The Hall–Kier alpha value is -10.0. The first-order chi connectivity index (χ1) is 41.1. The number of benzene rings is 6. The van der Waals surface area contributed by atoms with Gasteiger partial charge in [-0.2, -0.15) is 0 Å². The number of carbonyl (C=O) groups excluding carboxylic acids is 4. The Bertz CT molecular complexity index is 4160. The number of furan rings is 2. The summed E-state index contributed by atoms with van der Waals surface area (Å²) in [7, 11) is 3.09. The maximum atomic E-state index is 13.8. The second-order valence-corrected chi connectivity index (χ2v) is 21.4. The highest BCUT2D eigenvalue weighted by atomic mass is 19.1. The van der Waals surface area contributed by atoms with Gasteiger partial charge in [-0.05, 0) is 196 Å². The molecule has 10 aromatic rings. The van der Waals surface area contributed by atoms with Gasteiger partial charge in [0.1, 0.15) is 52.4 Å². The van der Waals surface area contributed by atoms with E-state index in [2.05, 4.69) is 31.2 Å². The van der Waals surface area contributed by atoms with Gasteiger partial charge in [-0.15, -0.1) is 0 Å². The van der Waals surface area contributed by atoms with E-state index < -0.39 is 11.1 Å². The van der Waals surface area contributed by atoms with Crippen molar-refractivity contribution in [3.05, 3.63) is 215 Å². The molecule has 2 fully saturated rings. The van der Waals surface area contributed by atoms with E-state index in [1.807, 2.05) is 99.6 Å². The van der Waals surface area contributed by atoms with Crippen LogP contribution < -0.4 is 36.5 Å². The molecule has 0 radical (unpaired) electrons. The molecule has 2 aliphatic carbocycles. The predicted octanol–water partition coefficient (Wildman–Crippen LogP) is 12.6. The van der Waals surface area contributed by atoms with Crippen molar-refractivity contribution in [2.45, 2.75) is 63.6 Å². The van der Waals surface area contributed by atoms with Crippen LogP contribution in [0.5, 0.6) is 11.5 Å². The van der Waals surface area contributed by atoms with Crippen LogP contribution in [0, 0.1) is 18.6 Å². The smallest absolute Gasteiger partial charge is 0.255 e. The molecule has 85 heavy (non-hydrogen) atoms. The minimum atomic E-state index is -0.493. The number of amides is 4. The number of aromatic nitrogens is 2. The summed E-state index contributed by atoms with van der Waals surface area (Å²) in [6.07, 6.45) is 6.58. The van der Waals surface area contributed by atoms with Crippen LogP contribution >= 0.6 is 0 Å². The molecule has 2 aliphatic rings. The number of halogens is 2. The SMILES string of the molecule is CNC(=O)c1c(-c2ccc(F)cc2)oc2ccc(-c3cc(C(=O)NC4(c5ccccn5)CC4)c(OC(C)C)cc3C)cc12.CNC(=O)c1c(-c2ccc(F)cc2)oc2ccc(-c3cc(C(=O)NC4(c5ccccn5)CC4)ccc3OCCN)cc12. The molecule has 4 amide bonds. The lowest BCUT2D eigenvalue weighted by Gasteiger charge is -2.21. The summed E-state index contributed by atoms with van der Waals surface area (Å²) in [5.74, 6) is -0.166. The van der Waals surface area contributed by atoms with Crippen LogP contribution in [0.1, 0.15) is 97.9 Å². The lowest BCUT2D eigenvalue weighted by molar-refractivity contribution is 0.0917. The fourth-order valence-electron chi connectivity index (χ4n) is 10.6. The molecule has 4 aromatic heterocycles. The van der Waals surface area contributed by atoms with Crippen molar-refractivity contribution in [2.24, 2.45) is 5.73 Å². The van der Waals surface area contributed by atoms with Crippen molar-refractivity contribution in [2.75, 3.05) is 27.2 Å². The first-order valence-corrected chi connectivity index (χ1v) is 28.0. The highest BCUT2D eigenvalue weighted by Gasteiger charge is 2.48. The summed E-state index contributed by atoms with van der Waals surface area (Å²) in [5, 5.41) is 12.9. The van der Waals surface area contributed by atoms with Crippen molar-refractivity contribution < 1.29 is 46.3 Å². The Kier molecular flexibility index (Phi) is 15.8. The highest BCUT2D eigenvalue weighted by Crippen LogP contribution is 2.47. The molecule has 15 nitrogen and oxygen atoms in total. The van der Waals surface area contributed by atoms with Gasteiger partial charge in [0.05, 0.1) is 45.3 Å². The molecule has 0 bridgehead atoms. The van der Waals surface area contributed by atoms with Crippen LogP contribution in [0.15, 0.2) is 173 Å². The van der Waals surface area contributed by atoms with Crippen molar-refractivity contribution in [3.8, 4) is 56.4 Å². The first-order valence-electron chi connectivity index (χ1n) is 28.0. The normalized spacial score (nSPS) is 13.6. The van der Waals surface area contributed by atoms with Crippen molar-refractivity contribution in [1.82, 2.24) is 31.2 Å². The van der Waals surface area contributed by atoms with E-state index >= 15 is 0 Å². The molecule has 6 N–H and O–H groups in total. The molecule has 0 atom stereocenters. The van der Waals surface area contributed by atoms with Crippen LogP contribution in [0.3, 0.4) is 0 Å². The summed E-state index contributed by atoms with van der Waals surface area (Å²) in [4.78, 5) is 62.4. The third-order valence-corrected chi connectivity index (χ3v) is 15.2. The third kappa shape index (κ3) is 11.7. The predicted molar refractivity (Wildman–Crippen MR) is 321 cm³/mol. The number of pyridine rings is 2. The molecule has 6 aromatic carbocycles. The summed E-state index contributed by atoms with van der Waals surface area (Å²) in [6, 6.07) is 43.0. The van der Waals surface area contributed by atoms with E-state index in [-0.39, 0.29) is 48.0 Å². The van der Waals surface area contributed by atoms with Crippen molar-refractivity contribution in [3.63, 3.8) is 0 Å². The quantitative estimate of drug-likeness (QED) is 0.0578. The topological polar surface area (TPSA) is 213 Å². The number of fused-ring (bicyclic) bond motifs is 2. The van der Waals surface area contributed by atoms with Gasteiger partial charge in [0, 0.05) is 66.1 Å². The molecular weight excluding hydrogens is 1080 g/mol. The first kappa shape index (κ1) is 56.8. The molecule has 17 heteroatoms. The van der Waals surface area contributed by atoms with E-state index in [4.69, 9.17) is 24.0 Å². The minimum Gasteiger partial charge on any atom is -0.492 e. The number of nitrogens with zero attached hydrogens (tertiary/aromatic N) is 2. The molecule has 0 aliphatic heterocycles. The number of carbonyl (C=O) groups is 4. The standard InChI is InChI=1S/C35H32FN3O4.C33H29FN4O4/c1-20(2)42-29-17-21(3)25(19-27(29)33(40)39-35(14-15-35)30-7-5-6-16-38-30)23-10-13-28-26(18-23)31(34(41)37-4)32(43-28)22-8-11-24(36)12-9-22;1-36-32(40)29-25-18-21(7-12-27(25)42-30(29)20-5-9-23(34)10-6-20)24-19-22(8-11-26(24)41-17-15-35)31(39)38-33(13-14-33)28-4-2-3-16-37-28/h5-13,16-20H,14-15H2,1-4H3,(H,37,41)(H,39,40);2-12,16,18-19H,13-15,17,35H2,1H3,(H,36,40)(H,38,39). The number of aryl methyl sites for hydroxylation is 1. The molecule has 12 rings (SSSR count). The largest absolute Gasteiger partial charge is 0.492 e. The summed E-state index contributed by atoms with van der Waals surface area (Å²) in [5.41, 5.74) is 14.0. The van der Waals surface area contributed by atoms with Gasteiger partial charge in [-0.3, -0.25) is 29.1 Å². The Morgan fingerprint density at radius 3 is 1.53 bits per heavy atom. The van der Waals surface area contributed by atoms with Crippen molar-refractivity contribution >= 4 is 45.6 Å². The van der Waals surface area contributed by atoms with Gasteiger partial charge in [0.2, 0.25) is 0 Å². The molecular formula is C68H61F2N7O8. The number of ether oxygens (including phenoxy) is 2. The Balaban J connectivity index is 0.000000177. The third-order valence-electron chi connectivity index (χ3n) is 15.2. The van der Waals surface area contributed by atoms with Crippen LogP contribution in [0.25, 0.3) is 66.8 Å². The number of nitrogens with one attached hydrogen (secondary N) is 4. The maximum Gasteiger partial charge on any atom is 0.255 e. The molecule has 2 saturated carbocycles. The van der Waals surface area contributed by atoms with Gasteiger partial charge in [-0.1, -0.05) is 24.3 Å². The average molecular weight is 1140 g/mol. The zero-order valence-corrected chi connectivity index (χ0v) is 47.4. The van der Waals surface area contributed by atoms with E-state index in [1.165, 1.54) is 31.3 Å². The van der Waals surface area contributed by atoms with Crippen molar-refractivity contribution in [1.29, 1.82) is 0 Å². The minimum absolute atomic E-state index is 0.134. The van der Waals surface area contributed by atoms with E-state index in [9.17, 15) is 28.0 Å². The highest BCUT2D eigenvalue weighted by molar-refractivity contribution is 6.13. The van der Waals surface area contributed by atoms with Gasteiger partial charge in [0.25, 0.3) is 23.6 Å². The molecule has 0 saturated heterocycles. The fourth-order valence-corrected chi connectivity index (χ4v) is 10.6. The van der Waals surface area contributed by atoms with Gasteiger partial charge in [-0.25, -0.2) is 8.78 Å². The second kappa shape index (κ2) is 23.7. The number of nitrogens with two attached hydrogens (primary N) is 1. The summed E-state index contributed by atoms with van der Waals surface area (Å²) >= 11 is 0. The Morgan fingerprint density at radius 2 is 1.07 bits per heavy atom. The Labute approximate surface area is 489 Å². The van der Waals surface area contributed by atoms with E-state index in [0.29, 0.717) is 96.0 Å². The number of hydrogen-bond donors (Lipinski definition) is 5. The lowest BCUT2D eigenvalue weighted by Crippen LogP contribution is -2.35. The monoisotopic (exact) mass is 1140 g/mol. The van der Waals surface area contributed by atoms with E-state index in [0.717, 1.165) is 53.8 Å². The van der Waals surface area contributed by atoms with Gasteiger partial charge < -0.3 is 45.3 Å². The van der Waals surface area contributed by atoms with Gasteiger partial charge >= 0.3 is 0 Å². The zero-order chi connectivity index (χ0) is 59.6. The molecule has 0 unspecified atom stereocenters. The summed E-state index contributed by atoms with van der Waals surface area (Å²) < 4.78 is 51.5. The molecule has 0 spiro atoms. The number of hydrogen-bond acceptors (Lipinski definition) is 11. The Morgan fingerprint density at radius 1 is 0.576 bits per heavy atom. The van der Waals surface area contributed by atoms with Crippen LogP contribution in [-0.4, -0.2) is 66.9 Å². The zero-order valence-electron chi connectivity index (χ0n) is 47.4.